The van der Waals surface area contributed by atoms with Gasteiger partial charge in [0, 0.05) is 18.9 Å². The fourth-order valence-corrected chi connectivity index (χ4v) is 1.98. The third kappa shape index (κ3) is 3.49. The Morgan fingerprint density at radius 3 is 2.61 bits per heavy atom. The number of nitrogens with one attached hydrogen (secondary N) is 1. The van der Waals surface area contributed by atoms with Crippen molar-refractivity contribution in [1.82, 2.24) is 25.0 Å². The summed E-state index contributed by atoms with van der Waals surface area (Å²) in [6.07, 6.45) is 3.03. The van der Waals surface area contributed by atoms with Crippen molar-refractivity contribution < 1.29 is 9.32 Å². The second-order valence-electron chi connectivity index (χ2n) is 4.69. The first-order valence-electron chi connectivity index (χ1n) is 6.88. The maximum absolute atomic E-state index is 12.0. The maximum Gasteiger partial charge on any atom is 0.442 e. The molecule has 0 radical (unpaired) electrons. The highest BCUT2D eigenvalue weighted by Crippen LogP contribution is 2.08. The van der Waals surface area contributed by atoms with Crippen molar-refractivity contribution in [3.63, 3.8) is 0 Å². The van der Waals surface area contributed by atoms with Crippen molar-refractivity contribution in [2.24, 2.45) is 0 Å². The van der Waals surface area contributed by atoms with Gasteiger partial charge in [-0.2, -0.15) is 0 Å². The van der Waals surface area contributed by atoms with Crippen molar-refractivity contribution in [3.05, 3.63) is 64.9 Å². The molecule has 0 aliphatic rings. The molecule has 8 heteroatoms. The summed E-state index contributed by atoms with van der Waals surface area (Å²) in [6, 6.07) is 11.1. The number of hydrogen-bond acceptors (Lipinski definition) is 6. The van der Waals surface area contributed by atoms with Gasteiger partial charge in [-0.05, 0) is 11.6 Å². The lowest BCUT2D eigenvalue weighted by Crippen LogP contribution is -2.31. The molecule has 1 N–H and O–H groups in total. The van der Waals surface area contributed by atoms with E-state index in [1.165, 1.54) is 12.4 Å². The summed E-state index contributed by atoms with van der Waals surface area (Å²) in [5.41, 5.74) is 0.963. The van der Waals surface area contributed by atoms with Crippen LogP contribution >= 0.6 is 0 Å². The largest absolute Gasteiger partial charge is 0.442 e. The molecule has 116 valence electrons. The lowest BCUT2D eigenvalue weighted by Gasteiger charge is -2.06. The van der Waals surface area contributed by atoms with Gasteiger partial charge in [-0.25, -0.2) is 19.3 Å². The van der Waals surface area contributed by atoms with Crippen LogP contribution in [0.25, 0.3) is 11.6 Å². The molecule has 0 atom stereocenters. The molecule has 2 aromatic heterocycles. The molecule has 0 unspecified atom stereocenters. The Labute approximate surface area is 130 Å². The summed E-state index contributed by atoms with van der Waals surface area (Å²) in [6.45, 7) is 0.152. The van der Waals surface area contributed by atoms with Crippen molar-refractivity contribution in [2.75, 3.05) is 0 Å². The monoisotopic (exact) mass is 311 g/mol. The van der Waals surface area contributed by atoms with Crippen LogP contribution < -0.4 is 11.1 Å². The standard InChI is InChI=1S/C15H13N5O3/c21-12(18-9-11-5-2-1-3-6-11)10-20-14(19-23-15(20)22)13-16-7-4-8-17-13/h1-8H,9-10H2,(H,18,21). The molecule has 0 saturated heterocycles. The Bertz CT molecular complexity index is 842. The lowest BCUT2D eigenvalue weighted by atomic mass is 10.2. The number of nitrogens with zero attached hydrogens (tertiary/aromatic N) is 4. The first-order valence-corrected chi connectivity index (χ1v) is 6.88. The average Bonchev–Trinajstić information content (AvgIpc) is 2.95. The van der Waals surface area contributed by atoms with Gasteiger partial charge in [0.25, 0.3) is 0 Å². The molecule has 8 nitrogen and oxygen atoms in total. The highest BCUT2D eigenvalue weighted by Gasteiger charge is 2.17. The van der Waals surface area contributed by atoms with Crippen LogP contribution in [0.15, 0.2) is 58.1 Å². The first-order chi connectivity index (χ1) is 11.2. The summed E-state index contributed by atoms with van der Waals surface area (Å²) in [7, 11) is 0. The quantitative estimate of drug-likeness (QED) is 0.740. The fourth-order valence-electron chi connectivity index (χ4n) is 1.98. The van der Waals surface area contributed by atoms with E-state index in [2.05, 4.69) is 25.0 Å². The van der Waals surface area contributed by atoms with E-state index in [0.29, 0.717) is 6.54 Å². The summed E-state index contributed by atoms with van der Waals surface area (Å²) in [4.78, 5) is 31.8. The highest BCUT2D eigenvalue weighted by molar-refractivity contribution is 5.76. The molecule has 0 spiro atoms. The lowest BCUT2D eigenvalue weighted by molar-refractivity contribution is -0.121. The van der Waals surface area contributed by atoms with Crippen LogP contribution in [0.2, 0.25) is 0 Å². The molecule has 0 aliphatic heterocycles. The Hall–Kier alpha value is -3.29. The minimum absolute atomic E-state index is 0.116. The van der Waals surface area contributed by atoms with E-state index in [1.54, 1.807) is 6.07 Å². The zero-order valence-corrected chi connectivity index (χ0v) is 12.0. The second-order valence-corrected chi connectivity index (χ2v) is 4.69. The van der Waals surface area contributed by atoms with E-state index < -0.39 is 5.76 Å². The number of carbonyl (C=O) groups excluding carboxylic acids is 1. The SMILES string of the molecule is O=C(Cn1c(-c2ncccn2)noc1=O)NCc1ccccc1. The molecular formula is C15H13N5O3. The van der Waals surface area contributed by atoms with Crippen LogP contribution in [-0.2, 0) is 17.9 Å². The van der Waals surface area contributed by atoms with Crippen LogP contribution in [0.5, 0.6) is 0 Å². The van der Waals surface area contributed by atoms with Gasteiger partial charge in [0.2, 0.25) is 11.7 Å². The van der Waals surface area contributed by atoms with Gasteiger partial charge in [-0.15, -0.1) is 0 Å². The molecule has 1 amide bonds. The Balaban J connectivity index is 1.72. The second kappa shape index (κ2) is 6.65. The van der Waals surface area contributed by atoms with Crippen molar-refractivity contribution in [3.8, 4) is 11.6 Å². The molecule has 0 aliphatic carbocycles. The number of carbonyl (C=O) groups is 1. The molecular weight excluding hydrogens is 298 g/mol. The van der Waals surface area contributed by atoms with Gasteiger partial charge in [0.1, 0.15) is 6.54 Å². The maximum atomic E-state index is 12.0. The summed E-state index contributed by atoms with van der Waals surface area (Å²) in [5.74, 6) is -0.738. The predicted octanol–water partition coefficient (Wildman–Crippen LogP) is 0.610. The molecule has 2 heterocycles. The van der Waals surface area contributed by atoms with Crippen LogP contribution in [0.3, 0.4) is 0 Å². The molecule has 0 fully saturated rings. The van der Waals surface area contributed by atoms with E-state index >= 15 is 0 Å². The first kappa shape index (κ1) is 14.6. The van der Waals surface area contributed by atoms with Crippen LogP contribution in [0, 0.1) is 0 Å². The highest BCUT2D eigenvalue weighted by atomic mass is 16.5. The molecule has 0 bridgehead atoms. The summed E-state index contributed by atoms with van der Waals surface area (Å²) >= 11 is 0. The number of hydrogen-bond donors (Lipinski definition) is 1. The van der Waals surface area contributed by atoms with Gasteiger partial charge in [0.15, 0.2) is 5.82 Å². The Morgan fingerprint density at radius 2 is 1.87 bits per heavy atom. The zero-order valence-electron chi connectivity index (χ0n) is 12.0. The van der Waals surface area contributed by atoms with Crippen LogP contribution in [-0.4, -0.2) is 25.6 Å². The molecule has 23 heavy (non-hydrogen) atoms. The van der Waals surface area contributed by atoms with Gasteiger partial charge in [0.05, 0.1) is 0 Å². The molecule has 3 rings (SSSR count). The number of aromatic nitrogens is 4. The summed E-state index contributed by atoms with van der Waals surface area (Å²) < 4.78 is 5.70. The zero-order chi connectivity index (χ0) is 16.1. The van der Waals surface area contributed by atoms with Gasteiger partial charge in [-0.1, -0.05) is 35.5 Å². The number of benzene rings is 1. The van der Waals surface area contributed by atoms with Crippen molar-refractivity contribution in [2.45, 2.75) is 13.1 Å². The van der Waals surface area contributed by atoms with Crippen LogP contribution in [0.1, 0.15) is 5.56 Å². The minimum atomic E-state index is -0.734. The summed E-state index contributed by atoms with van der Waals surface area (Å²) in [5, 5.41) is 6.36. The van der Waals surface area contributed by atoms with E-state index in [1.807, 2.05) is 30.3 Å². The predicted molar refractivity (Wildman–Crippen MR) is 80.1 cm³/mol. The number of amides is 1. The number of rotatable bonds is 5. The van der Waals surface area contributed by atoms with E-state index in [4.69, 9.17) is 0 Å². The molecule has 3 aromatic rings. The van der Waals surface area contributed by atoms with Gasteiger partial charge >= 0.3 is 5.76 Å². The van der Waals surface area contributed by atoms with E-state index in [0.717, 1.165) is 10.1 Å². The average molecular weight is 311 g/mol. The Morgan fingerprint density at radius 1 is 1.13 bits per heavy atom. The fraction of sp³-hybridized carbons (Fsp3) is 0.133. The van der Waals surface area contributed by atoms with Crippen molar-refractivity contribution in [1.29, 1.82) is 0 Å². The molecule has 1 aromatic carbocycles. The van der Waals surface area contributed by atoms with Crippen molar-refractivity contribution >= 4 is 5.91 Å². The van der Waals surface area contributed by atoms with E-state index in [-0.39, 0.29) is 24.1 Å². The normalized spacial score (nSPS) is 10.4. The third-order valence-electron chi connectivity index (χ3n) is 3.09. The Kier molecular flexibility index (Phi) is 4.23. The minimum Gasteiger partial charge on any atom is -0.350 e. The molecule has 0 saturated carbocycles. The van der Waals surface area contributed by atoms with Crippen LogP contribution in [0.4, 0.5) is 0 Å². The van der Waals surface area contributed by atoms with Gasteiger partial charge in [-0.3, -0.25) is 9.32 Å². The smallest absolute Gasteiger partial charge is 0.350 e. The van der Waals surface area contributed by atoms with Gasteiger partial charge < -0.3 is 5.32 Å². The third-order valence-corrected chi connectivity index (χ3v) is 3.09. The van der Waals surface area contributed by atoms with E-state index in [9.17, 15) is 9.59 Å². The topological polar surface area (TPSA) is 103 Å².